The van der Waals surface area contributed by atoms with Gasteiger partial charge in [0.25, 0.3) is 0 Å². The van der Waals surface area contributed by atoms with Crippen LogP contribution in [-0.4, -0.2) is 16.3 Å². The summed E-state index contributed by atoms with van der Waals surface area (Å²) in [5.41, 5.74) is 6.60. The number of rotatable bonds is 3. The fourth-order valence-corrected chi connectivity index (χ4v) is 2.94. The number of phenolic OH excluding ortho intramolecular Hbond substituents is 1. The molecule has 1 aliphatic carbocycles. The van der Waals surface area contributed by atoms with Crippen LogP contribution in [0.1, 0.15) is 43.7 Å². The van der Waals surface area contributed by atoms with Crippen LogP contribution in [0.3, 0.4) is 0 Å². The fourth-order valence-electron chi connectivity index (χ4n) is 2.75. The first kappa shape index (κ1) is 16.6. The molecule has 0 spiro atoms. The second-order valence-electron chi connectivity index (χ2n) is 5.09. The van der Waals surface area contributed by atoms with Crippen molar-refractivity contribution in [1.29, 1.82) is 0 Å². The van der Waals surface area contributed by atoms with E-state index in [-0.39, 0.29) is 29.1 Å². The molecule has 0 aliphatic heterocycles. The minimum Gasteiger partial charge on any atom is -0.506 e. The number of aliphatic hydroxyl groups is 1. The van der Waals surface area contributed by atoms with Crippen LogP contribution in [0.4, 0.5) is 0 Å². The first-order valence-electron chi connectivity index (χ1n) is 6.52. The van der Waals surface area contributed by atoms with E-state index in [4.69, 9.17) is 17.3 Å². The highest BCUT2D eigenvalue weighted by molar-refractivity contribution is 6.32. The standard InChI is InChI=1S/C14H20ClNO2.ClH/c15-11-8-4-7-10(14(11)18)12(16)13(17)9-5-2-1-3-6-9;/h4,7-9,12-13,17-18H,1-3,5-6,16H2;1H/t12-,13+;/m1./s1. The molecule has 0 unspecified atom stereocenters. The van der Waals surface area contributed by atoms with Crippen LogP contribution >= 0.6 is 24.0 Å². The van der Waals surface area contributed by atoms with Crippen LogP contribution in [0.5, 0.6) is 5.75 Å². The molecule has 5 heteroatoms. The lowest BCUT2D eigenvalue weighted by Gasteiger charge is -2.30. The van der Waals surface area contributed by atoms with Gasteiger partial charge in [0.1, 0.15) is 5.75 Å². The van der Waals surface area contributed by atoms with Crippen molar-refractivity contribution in [3.63, 3.8) is 0 Å². The predicted octanol–water partition coefficient (Wildman–Crippen LogP) is 3.41. The molecule has 0 heterocycles. The lowest BCUT2D eigenvalue weighted by atomic mass is 9.81. The Labute approximate surface area is 125 Å². The Morgan fingerprint density at radius 2 is 1.84 bits per heavy atom. The van der Waals surface area contributed by atoms with E-state index < -0.39 is 12.1 Å². The quantitative estimate of drug-likeness (QED) is 0.801. The van der Waals surface area contributed by atoms with Gasteiger partial charge in [0.15, 0.2) is 0 Å². The summed E-state index contributed by atoms with van der Waals surface area (Å²) in [4.78, 5) is 0. The lowest BCUT2D eigenvalue weighted by molar-refractivity contribution is 0.0611. The summed E-state index contributed by atoms with van der Waals surface area (Å²) in [5, 5.41) is 20.5. The summed E-state index contributed by atoms with van der Waals surface area (Å²) >= 11 is 5.86. The molecule has 2 atom stereocenters. The minimum absolute atomic E-state index is 0. The normalized spacial score (nSPS) is 19.5. The van der Waals surface area contributed by atoms with Crippen molar-refractivity contribution < 1.29 is 10.2 Å². The summed E-state index contributed by atoms with van der Waals surface area (Å²) < 4.78 is 0. The van der Waals surface area contributed by atoms with Crippen molar-refractivity contribution in [2.75, 3.05) is 0 Å². The molecular weight excluding hydrogens is 285 g/mol. The largest absolute Gasteiger partial charge is 0.506 e. The average Bonchev–Trinajstić information content (AvgIpc) is 2.41. The molecule has 0 amide bonds. The number of hydrogen-bond acceptors (Lipinski definition) is 3. The molecular formula is C14H21Cl2NO2. The van der Waals surface area contributed by atoms with Crippen molar-refractivity contribution in [3.8, 4) is 5.75 Å². The Bertz CT molecular complexity index is 408. The van der Waals surface area contributed by atoms with Gasteiger partial charge >= 0.3 is 0 Å². The molecule has 3 nitrogen and oxygen atoms in total. The Kier molecular flexibility index (Phi) is 6.40. The summed E-state index contributed by atoms with van der Waals surface area (Å²) in [5.74, 6) is 0.216. The van der Waals surface area contributed by atoms with E-state index in [2.05, 4.69) is 0 Å². The Hall–Kier alpha value is -0.480. The van der Waals surface area contributed by atoms with Crippen LogP contribution < -0.4 is 5.73 Å². The SMILES string of the molecule is Cl.N[C@H](c1cccc(Cl)c1O)[C@@H](O)C1CCCCC1. The van der Waals surface area contributed by atoms with Crippen molar-refractivity contribution in [3.05, 3.63) is 28.8 Å². The second-order valence-corrected chi connectivity index (χ2v) is 5.50. The first-order valence-corrected chi connectivity index (χ1v) is 6.90. The molecule has 1 fully saturated rings. The van der Waals surface area contributed by atoms with Crippen LogP contribution in [0.15, 0.2) is 18.2 Å². The van der Waals surface area contributed by atoms with Gasteiger partial charge in [-0.2, -0.15) is 0 Å². The lowest BCUT2D eigenvalue weighted by Crippen LogP contribution is -2.34. The summed E-state index contributed by atoms with van der Waals surface area (Å²) in [6.07, 6.45) is 4.94. The highest BCUT2D eigenvalue weighted by Crippen LogP contribution is 2.36. The van der Waals surface area contributed by atoms with E-state index in [1.807, 2.05) is 0 Å². The van der Waals surface area contributed by atoms with Crippen molar-refractivity contribution in [2.45, 2.75) is 44.2 Å². The molecule has 19 heavy (non-hydrogen) atoms. The van der Waals surface area contributed by atoms with Crippen molar-refractivity contribution in [2.24, 2.45) is 11.7 Å². The third-order valence-electron chi connectivity index (χ3n) is 3.88. The first-order chi connectivity index (χ1) is 8.61. The number of aromatic hydroxyl groups is 1. The third-order valence-corrected chi connectivity index (χ3v) is 4.18. The topological polar surface area (TPSA) is 66.5 Å². The van der Waals surface area contributed by atoms with Gasteiger partial charge < -0.3 is 15.9 Å². The van der Waals surface area contributed by atoms with Gasteiger partial charge in [0, 0.05) is 5.56 Å². The van der Waals surface area contributed by atoms with Crippen molar-refractivity contribution in [1.82, 2.24) is 0 Å². The second kappa shape index (κ2) is 7.34. The van der Waals surface area contributed by atoms with Gasteiger partial charge in [-0.05, 0) is 24.8 Å². The maximum atomic E-state index is 10.3. The van der Waals surface area contributed by atoms with Gasteiger partial charge in [0.2, 0.25) is 0 Å². The number of aliphatic hydroxyl groups excluding tert-OH is 1. The van der Waals surface area contributed by atoms with E-state index >= 15 is 0 Å². The number of para-hydroxylation sites is 1. The summed E-state index contributed by atoms with van der Waals surface area (Å²) in [6.45, 7) is 0. The molecule has 1 aromatic carbocycles. The summed E-state index contributed by atoms with van der Waals surface area (Å²) in [6, 6.07) is 4.50. The Balaban J connectivity index is 0.00000180. The van der Waals surface area contributed by atoms with Crippen LogP contribution in [0, 0.1) is 5.92 Å². The van der Waals surface area contributed by atoms with Gasteiger partial charge in [-0.1, -0.05) is 43.0 Å². The molecule has 0 aromatic heterocycles. The highest BCUT2D eigenvalue weighted by atomic mass is 35.5. The average molecular weight is 306 g/mol. The zero-order valence-electron chi connectivity index (χ0n) is 10.8. The van der Waals surface area contributed by atoms with Gasteiger partial charge in [0.05, 0.1) is 17.2 Å². The number of nitrogens with two attached hydrogens (primary N) is 1. The number of hydrogen-bond donors (Lipinski definition) is 3. The molecule has 4 N–H and O–H groups in total. The molecule has 0 saturated heterocycles. The summed E-state index contributed by atoms with van der Waals surface area (Å²) in [7, 11) is 0. The van der Waals surface area contributed by atoms with E-state index in [9.17, 15) is 10.2 Å². The van der Waals surface area contributed by atoms with Crippen molar-refractivity contribution >= 4 is 24.0 Å². The maximum absolute atomic E-state index is 10.3. The molecule has 1 aliphatic rings. The van der Waals surface area contributed by atoms with Gasteiger partial charge in [-0.25, -0.2) is 0 Å². The number of phenols is 1. The molecule has 1 saturated carbocycles. The Morgan fingerprint density at radius 3 is 2.47 bits per heavy atom. The molecule has 1 aromatic rings. The van der Waals surface area contributed by atoms with E-state index in [0.717, 1.165) is 25.7 Å². The molecule has 2 rings (SSSR count). The highest BCUT2D eigenvalue weighted by Gasteiger charge is 2.29. The monoisotopic (exact) mass is 305 g/mol. The van der Waals surface area contributed by atoms with E-state index in [0.29, 0.717) is 5.56 Å². The minimum atomic E-state index is -0.616. The predicted molar refractivity (Wildman–Crippen MR) is 79.9 cm³/mol. The molecule has 108 valence electrons. The van der Waals surface area contributed by atoms with Gasteiger partial charge in [-0.3, -0.25) is 0 Å². The van der Waals surface area contributed by atoms with Crippen LogP contribution in [0.2, 0.25) is 5.02 Å². The van der Waals surface area contributed by atoms with Crippen LogP contribution in [0.25, 0.3) is 0 Å². The molecule has 0 bridgehead atoms. The van der Waals surface area contributed by atoms with Crippen LogP contribution in [-0.2, 0) is 0 Å². The number of halogens is 2. The maximum Gasteiger partial charge on any atom is 0.139 e. The van der Waals surface area contributed by atoms with E-state index in [1.165, 1.54) is 6.42 Å². The van der Waals surface area contributed by atoms with Gasteiger partial charge in [-0.15, -0.1) is 12.4 Å². The fraction of sp³-hybridized carbons (Fsp3) is 0.571. The number of benzene rings is 1. The third kappa shape index (κ3) is 3.76. The smallest absolute Gasteiger partial charge is 0.139 e. The zero-order chi connectivity index (χ0) is 13.1. The van der Waals surface area contributed by atoms with E-state index in [1.54, 1.807) is 18.2 Å². The Morgan fingerprint density at radius 1 is 1.21 bits per heavy atom. The molecule has 0 radical (unpaired) electrons. The zero-order valence-corrected chi connectivity index (χ0v) is 12.3.